The Morgan fingerprint density at radius 1 is 1.29 bits per heavy atom. The zero-order valence-corrected chi connectivity index (χ0v) is 11.9. The Hall–Kier alpha value is -2.01. The fraction of sp³-hybridized carbons (Fsp3) is 0.438. The van der Waals surface area contributed by atoms with Crippen LogP contribution >= 0.6 is 0 Å². The molecule has 5 nitrogen and oxygen atoms in total. The fourth-order valence-electron chi connectivity index (χ4n) is 2.88. The van der Waals surface area contributed by atoms with E-state index in [0.717, 1.165) is 29.9 Å². The molecule has 5 heteroatoms. The number of hydrogen-bond acceptors (Lipinski definition) is 4. The van der Waals surface area contributed by atoms with Crippen molar-refractivity contribution in [3.05, 3.63) is 36.4 Å². The third kappa shape index (κ3) is 2.74. The normalized spacial score (nSPS) is 19.0. The molecule has 21 heavy (non-hydrogen) atoms. The van der Waals surface area contributed by atoms with Gasteiger partial charge in [0.1, 0.15) is 0 Å². The molecular formula is C16H19NO4. The molecule has 0 unspecified atom stereocenters. The molecule has 2 aliphatic heterocycles. The van der Waals surface area contributed by atoms with E-state index >= 15 is 0 Å². The summed E-state index contributed by atoms with van der Waals surface area (Å²) >= 11 is 0. The van der Waals surface area contributed by atoms with Gasteiger partial charge in [0.2, 0.25) is 12.7 Å². The summed E-state index contributed by atoms with van der Waals surface area (Å²) in [4.78, 5) is 11.5. The van der Waals surface area contributed by atoms with Crippen LogP contribution in [-0.4, -0.2) is 32.5 Å². The minimum atomic E-state index is -0.151. The molecule has 1 fully saturated rings. The lowest BCUT2D eigenvalue weighted by atomic mass is 9.74. The average Bonchev–Trinajstić information content (AvgIpc) is 3.01. The Morgan fingerprint density at radius 3 is 2.81 bits per heavy atom. The van der Waals surface area contributed by atoms with Crippen molar-refractivity contribution in [2.45, 2.75) is 18.3 Å². The van der Waals surface area contributed by atoms with Crippen LogP contribution in [0.25, 0.3) is 0 Å². The van der Waals surface area contributed by atoms with Gasteiger partial charge in [-0.25, -0.2) is 0 Å². The van der Waals surface area contributed by atoms with Gasteiger partial charge in [0.15, 0.2) is 11.5 Å². The largest absolute Gasteiger partial charge is 0.454 e. The minimum Gasteiger partial charge on any atom is -0.454 e. The monoisotopic (exact) mass is 289 g/mol. The summed E-state index contributed by atoms with van der Waals surface area (Å²) in [6, 6.07) is 6.01. The molecule has 0 aliphatic carbocycles. The van der Waals surface area contributed by atoms with Gasteiger partial charge >= 0.3 is 0 Å². The second-order valence-corrected chi connectivity index (χ2v) is 5.38. The van der Waals surface area contributed by atoms with Crippen molar-refractivity contribution in [3.63, 3.8) is 0 Å². The van der Waals surface area contributed by atoms with E-state index in [-0.39, 0.29) is 18.1 Å². The summed E-state index contributed by atoms with van der Waals surface area (Å²) < 4.78 is 16.3. The molecule has 1 N–H and O–H groups in total. The third-order valence-corrected chi connectivity index (χ3v) is 4.22. The van der Waals surface area contributed by atoms with Crippen molar-refractivity contribution in [2.75, 3.05) is 26.6 Å². The summed E-state index contributed by atoms with van der Waals surface area (Å²) in [5.41, 5.74) is 1.03. The van der Waals surface area contributed by atoms with Gasteiger partial charge in [-0.15, -0.1) is 0 Å². The SMILES string of the molecule is C=CC(=O)NCC1(c2ccc3c(c2)OCO3)CCOCC1. The molecule has 0 atom stereocenters. The molecule has 1 aromatic rings. The Morgan fingerprint density at radius 2 is 2.05 bits per heavy atom. The lowest BCUT2D eigenvalue weighted by Crippen LogP contribution is -2.44. The van der Waals surface area contributed by atoms with Crippen LogP contribution in [0.5, 0.6) is 11.5 Å². The maximum absolute atomic E-state index is 11.5. The molecule has 112 valence electrons. The Bertz CT molecular complexity index is 549. The van der Waals surface area contributed by atoms with Gasteiger partial charge in [-0.1, -0.05) is 12.6 Å². The van der Waals surface area contributed by atoms with E-state index in [1.165, 1.54) is 6.08 Å². The van der Waals surface area contributed by atoms with Gasteiger partial charge in [-0.05, 0) is 36.6 Å². The number of fused-ring (bicyclic) bond motifs is 1. The number of benzene rings is 1. The summed E-state index contributed by atoms with van der Waals surface area (Å²) in [5.74, 6) is 1.39. The zero-order chi connectivity index (χ0) is 14.7. The first-order valence-corrected chi connectivity index (χ1v) is 7.12. The number of carbonyl (C=O) groups excluding carboxylic acids is 1. The predicted molar refractivity (Wildman–Crippen MR) is 77.5 cm³/mol. The van der Waals surface area contributed by atoms with Crippen molar-refractivity contribution in [1.29, 1.82) is 0 Å². The van der Waals surface area contributed by atoms with Crippen LogP contribution in [0.1, 0.15) is 18.4 Å². The number of ether oxygens (including phenoxy) is 3. The van der Waals surface area contributed by atoms with E-state index in [1.54, 1.807) is 0 Å². The van der Waals surface area contributed by atoms with Crippen LogP contribution in [0.4, 0.5) is 0 Å². The molecule has 0 saturated carbocycles. The summed E-state index contributed by atoms with van der Waals surface area (Å²) in [6.07, 6.45) is 3.03. The molecule has 1 aromatic carbocycles. The van der Waals surface area contributed by atoms with Crippen LogP contribution in [0.2, 0.25) is 0 Å². The number of carbonyl (C=O) groups is 1. The van der Waals surface area contributed by atoms with Crippen LogP contribution in [-0.2, 0) is 14.9 Å². The number of amides is 1. The van der Waals surface area contributed by atoms with Crippen molar-refractivity contribution in [2.24, 2.45) is 0 Å². The molecular weight excluding hydrogens is 270 g/mol. The highest BCUT2D eigenvalue weighted by Gasteiger charge is 2.35. The highest BCUT2D eigenvalue weighted by atomic mass is 16.7. The lowest BCUT2D eigenvalue weighted by molar-refractivity contribution is -0.117. The second-order valence-electron chi connectivity index (χ2n) is 5.38. The van der Waals surface area contributed by atoms with E-state index in [0.29, 0.717) is 19.8 Å². The van der Waals surface area contributed by atoms with Gasteiger partial charge < -0.3 is 19.5 Å². The highest BCUT2D eigenvalue weighted by Crippen LogP contribution is 2.40. The zero-order valence-electron chi connectivity index (χ0n) is 11.9. The molecule has 1 saturated heterocycles. The fourth-order valence-corrected chi connectivity index (χ4v) is 2.88. The van der Waals surface area contributed by atoms with Crippen LogP contribution in [0.15, 0.2) is 30.9 Å². The van der Waals surface area contributed by atoms with Crippen molar-refractivity contribution in [1.82, 2.24) is 5.32 Å². The van der Waals surface area contributed by atoms with Gasteiger partial charge in [0.05, 0.1) is 0 Å². The summed E-state index contributed by atoms with van der Waals surface area (Å²) in [5, 5.41) is 2.92. The second kappa shape index (κ2) is 5.77. The predicted octanol–water partition coefficient (Wildman–Crippen LogP) is 1.77. The Balaban J connectivity index is 1.87. The third-order valence-electron chi connectivity index (χ3n) is 4.22. The number of nitrogens with one attached hydrogen (secondary N) is 1. The topological polar surface area (TPSA) is 56.8 Å². The first-order valence-electron chi connectivity index (χ1n) is 7.12. The van der Waals surface area contributed by atoms with Crippen molar-refractivity contribution in [3.8, 4) is 11.5 Å². The van der Waals surface area contributed by atoms with Gasteiger partial charge in [0, 0.05) is 25.2 Å². The highest BCUT2D eigenvalue weighted by molar-refractivity contribution is 5.86. The first kappa shape index (κ1) is 13.9. The van der Waals surface area contributed by atoms with Crippen LogP contribution < -0.4 is 14.8 Å². The van der Waals surface area contributed by atoms with E-state index in [2.05, 4.69) is 18.0 Å². The molecule has 0 spiro atoms. The molecule has 1 amide bonds. The molecule has 0 radical (unpaired) electrons. The Kier molecular flexibility index (Phi) is 3.84. The molecule has 2 heterocycles. The smallest absolute Gasteiger partial charge is 0.243 e. The summed E-state index contributed by atoms with van der Waals surface area (Å²) in [7, 11) is 0. The maximum atomic E-state index is 11.5. The van der Waals surface area contributed by atoms with E-state index in [1.807, 2.05) is 12.1 Å². The average molecular weight is 289 g/mol. The number of hydrogen-bond donors (Lipinski definition) is 1. The quantitative estimate of drug-likeness (QED) is 0.858. The van der Waals surface area contributed by atoms with E-state index in [4.69, 9.17) is 14.2 Å². The Labute approximate surface area is 123 Å². The standard InChI is InChI=1S/C16H19NO4/c1-2-15(18)17-10-16(5-7-19-8-6-16)12-3-4-13-14(9-12)21-11-20-13/h2-4,9H,1,5-8,10-11H2,(H,17,18). The number of rotatable bonds is 4. The summed E-state index contributed by atoms with van der Waals surface area (Å²) in [6.45, 7) is 5.72. The van der Waals surface area contributed by atoms with E-state index < -0.39 is 0 Å². The van der Waals surface area contributed by atoms with Crippen LogP contribution in [0, 0.1) is 0 Å². The molecule has 2 aliphatic rings. The van der Waals surface area contributed by atoms with Crippen molar-refractivity contribution < 1.29 is 19.0 Å². The van der Waals surface area contributed by atoms with Gasteiger partial charge in [-0.2, -0.15) is 0 Å². The lowest BCUT2D eigenvalue weighted by Gasteiger charge is -2.38. The van der Waals surface area contributed by atoms with Gasteiger partial charge in [-0.3, -0.25) is 4.79 Å². The minimum absolute atomic E-state index is 0.127. The first-order chi connectivity index (χ1) is 10.2. The van der Waals surface area contributed by atoms with E-state index in [9.17, 15) is 4.79 Å². The maximum Gasteiger partial charge on any atom is 0.243 e. The van der Waals surface area contributed by atoms with Gasteiger partial charge in [0.25, 0.3) is 0 Å². The van der Waals surface area contributed by atoms with Crippen LogP contribution in [0.3, 0.4) is 0 Å². The molecule has 0 aromatic heterocycles. The molecule has 3 rings (SSSR count). The van der Waals surface area contributed by atoms with Crippen molar-refractivity contribution >= 4 is 5.91 Å². The molecule has 0 bridgehead atoms.